The lowest BCUT2D eigenvalue weighted by molar-refractivity contribution is -0.124. The molecule has 3 heterocycles. The number of benzene rings is 1. The number of amides is 1. The zero-order chi connectivity index (χ0) is 19.9. The van der Waals surface area contributed by atoms with Gasteiger partial charge in [0.1, 0.15) is 0 Å². The van der Waals surface area contributed by atoms with Crippen LogP contribution >= 0.6 is 0 Å². The van der Waals surface area contributed by atoms with Gasteiger partial charge in [-0.2, -0.15) is 0 Å². The number of aryl methyl sites for hydroxylation is 1. The Morgan fingerprint density at radius 1 is 1.07 bits per heavy atom. The van der Waals surface area contributed by atoms with Gasteiger partial charge in [0, 0.05) is 31.1 Å². The van der Waals surface area contributed by atoms with Crippen molar-refractivity contribution in [1.82, 2.24) is 15.2 Å². The van der Waals surface area contributed by atoms with Crippen molar-refractivity contribution in [3.05, 3.63) is 59.4 Å². The van der Waals surface area contributed by atoms with E-state index in [4.69, 9.17) is 9.47 Å². The molecule has 2 aliphatic rings. The molecule has 0 radical (unpaired) electrons. The summed E-state index contributed by atoms with van der Waals surface area (Å²) in [6, 6.07) is 9.92. The Labute approximate surface area is 171 Å². The van der Waals surface area contributed by atoms with Crippen LogP contribution in [0.25, 0.3) is 6.08 Å². The van der Waals surface area contributed by atoms with Gasteiger partial charge in [-0.15, -0.1) is 0 Å². The first-order valence-electron chi connectivity index (χ1n) is 10.3. The van der Waals surface area contributed by atoms with Crippen LogP contribution in [-0.4, -0.2) is 48.8 Å². The maximum Gasteiger partial charge on any atom is 0.249 e. The maximum atomic E-state index is 12.6. The molecule has 0 bridgehead atoms. The third-order valence-electron chi connectivity index (χ3n) is 5.30. The van der Waals surface area contributed by atoms with Gasteiger partial charge >= 0.3 is 0 Å². The lowest BCUT2D eigenvalue weighted by Gasteiger charge is -2.15. The van der Waals surface area contributed by atoms with Gasteiger partial charge in [-0.05, 0) is 80.2 Å². The third kappa shape index (κ3) is 5.15. The number of aromatic nitrogens is 1. The molecule has 6 nitrogen and oxygen atoms in total. The Bertz CT molecular complexity index is 867. The molecule has 29 heavy (non-hydrogen) atoms. The molecular weight excluding hydrogens is 366 g/mol. The molecular formula is C23H27N3O3. The number of hydrogen-bond donors (Lipinski definition) is 1. The predicted molar refractivity (Wildman–Crippen MR) is 112 cm³/mol. The molecule has 1 aromatic heterocycles. The number of ether oxygens (including phenoxy) is 2. The molecule has 1 aromatic carbocycles. The lowest BCUT2D eigenvalue weighted by Crippen LogP contribution is -2.29. The second kappa shape index (κ2) is 9.56. The summed E-state index contributed by atoms with van der Waals surface area (Å²) in [5.74, 6) is 1.66. The highest BCUT2D eigenvalue weighted by atomic mass is 16.7. The minimum Gasteiger partial charge on any atom is -0.454 e. The van der Waals surface area contributed by atoms with E-state index >= 15 is 0 Å². The number of carbonyl (C=O) groups excluding carboxylic acids is 1. The molecule has 0 saturated carbocycles. The highest BCUT2D eigenvalue weighted by molar-refractivity contribution is 5.99. The topological polar surface area (TPSA) is 63.7 Å². The predicted octanol–water partition coefficient (Wildman–Crippen LogP) is 3.04. The summed E-state index contributed by atoms with van der Waals surface area (Å²) >= 11 is 0. The lowest BCUT2D eigenvalue weighted by atomic mass is 10.1. The van der Waals surface area contributed by atoms with Gasteiger partial charge in [-0.25, -0.2) is 0 Å². The van der Waals surface area contributed by atoms with Crippen LogP contribution < -0.4 is 14.8 Å². The molecule has 2 aromatic rings. The van der Waals surface area contributed by atoms with E-state index in [2.05, 4.69) is 22.4 Å². The van der Waals surface area contributed by atoms with Gasteiger partial charge in [0.25, 0.3) is 0 Å². The Hall–Kier alpha value is -2.86. The molecule has 1 fully saturated rings. The standard InChI is InChI=1S/C23H27N3O3/c27-23-20(15-19-4-5-21-22(16-19)29-17-28-21)8-14-26(23)13-2-10-24-9-1-3-18-6-11-25-12-7-18/h4-7,11-12,15-16,24H,1-3,8-10,13-14,17H2/b20-15+. The van der Waals surface area contributed by atoms with Gasteiger partial charge in [-0.1, -0.05) is 6.07 Å². The SMILES string of the molecule is O=C1/C(=C/c2ccc3c(c2)OCO3)CCN1CCCNCCCc1ccncc1. The molecule has 0 unspecified atom stereocenters. The Morgan fingerprint density at radius 2 is 1.90 bits per heavy atom. The summed E-state index contributed by atoms with van der Waals surface area (Å²) in [5.41, 5.74) is 3.18. The molecule has 152 valence electrons. The number of pyridine rings is 1. The van der Waals surface area contributed by atoms with Crippen LogP contribution in [0.3, 0.4) is 0 Å². The first-order valence-corrected chi connectivity index (χ1v) is 10.3. The van der Waals surface area contributed by atoms with E-state index in [1.54, 1.807) is 0 Å². The number of nitrogens with zero attached hydrogens (tertiary/aromatic N) is 2. The Balaban J connectivity index is 1.16. The molecule has 1 N–H and O–H groups in total. The van der Waals surface area contributed by atoms with Gasteiger partial charge < -0.3 is 19.7 Å². The maximum absolute atomic E-state index is 12.6. The minimum absolute atomic E-state index is 0.153. The Morgan fingerprint density at radius 3 is 2.79 bits per heavy atom. The van der Waals surface area contributed by atoms with Crippen LogP contribution in [0.5, 0.6) is 11.5 Å². The van der Waals surface area contributed by atoms with Crippen LogP contribution in [-0.2, 0) is 11.2 Å². The number of likely N-dealkylation sites (tertiary alicyclic amines) is 1. The second-order valence-corrected chi connectivity index (χ2v) is 7.39. The van der Waals surface area contributed by atoms with Crippen molar-refractivity contribution in [1.29, 1.82) is 0 Å². The molecule has 1 amide bonds. The van der Waals surface area contributed by atoms with Crippen molar-refractivity contribution < 1.29 is 14.3 Å². The number of carbonyl (C=O) groups is 1. The van der Waals surface area contributed by atoms with Crippen LogP contribution in [0.15, 0.2) is 48.3 Å². The highest BCUT2D eigenvalue weighted by Crippen LogP contribution is 2.33. The quantitative estimate of drug-likeness (QED) is 0.524. The molecule has 4 rings (SSSR count). The number of rotatable bonds is 9. The summed E-state index contributed by atoms with van der Waals surface area (Å²) in [6.07, 6.45) is 9.59. The summed E-state index contributed by atoms with van der Waals surface area (Å²) in [6.45, 7) is 3.79. The fourth-order valence-corrected chi connectivity index (χ4v) is 3.71. The Kier molecular flexibility index (Phi) is 6.42. The van der Waals surface area contributed by atoms with Crippen molar-refractivity contribution in [2.24, 2.45) is 0 Å². The fourth-order valence-electron chi connectivity index (χ4n) is 3.71. The molecule has 0 atom stereocenters. The van der Waals surface area contributed by atoms with E-state index < -0.39 is 0 Å². The summed E-state index contributed by atoms with van der Waals surface area (Å²) in [7, 11) is 0. The van der Waals surface area contributed by atoms with E-state index in [1.165, 1.54) is 5.56 Å². The van der Waals surface area contributed by atoms with Crippen LogP contribution in [0.4, 0.5) is 0 Å². The first-order chi connectivity index (χ1) is 14.3. The summed E-state index contributed by atoms with van der Waals surface area (Å²) in [5, 5.41) is 3.48. The number of nitrogens with one attached hydrogen (secondary N) is 1. The van der Waals surface area contributed by atoms with Crippen LogP contribution in [0.1, 0.15) is 30.4 Å². The van der Waals surface area contributed by atoms with Gasteiger partial charge in [-0.3, -0.25) is 9.78 Å². The first kappa shape index (κ1) is 19.5. The molecule has 0 aliphatic carbocycles. The minimum atomic E-state index is 0.153. The summed E-state index contributed by atoms with van der Waals surface area (Å²) in [4.78, 5) is 18.6. The van der Waals surface area contributed by atoms with Gasteiger partial charge in [0.15, 0.2) is 11.5 Å². The van der Waals surface area contributed by atoms with Crippen molar-refractivity contribution in [3.8, 4) is 11.5 Å². The fraction of sp³-hybridized carbons (Fsp3) is 0.391. The van der Waals surface area contributed by atoms with E-state index in [0.29, 0.717) is 0 Å². The second-order valence-electron chi connectivity index (χ2n) is 7.39. The number of hydrogen-bond acceptors (Lipinski definition) is 5. The van der Waals surface area contributed by atoms with Crippen LogP contribution in [0.2, 0.25) is 0 Å². The molecule has 0 spiro atoms. The smallest absolute Gasteiger partial charge is 0.249 e. The van der Waals surface area contributed by atoms with Gasteiger partial charge in [0.2, 0.25) is 12.7 Å². The monoisotopic (exact) mass is 393 g/mol. The zero-order valence-electron chi connectivity index (χ0n) is 16.6. The van der Waals surface area contributed by atoms with Gasteiger partial charge in [0.05, 0.1) is 0 Å². The van der Waals surface area contributed by atoms with Crippen molar-refractivity contribution in [2.45, 2.75) is 25.7 Å². The van der Waals surface area contributed by atoms with Crippen molar-refractivity contribution in [3.63, 3.8) is 0 Å². The van der Waals surface area contributed by atoms with E-state index in [1.807, 2.05) is 41.6 Å². The summed E-state index contributed by atoms with van der Waals surface area (Å²) < 4.78 is 10.8. The largest absolute Gasteiger partial charge is 0.454 e. The number of fused-ring (bicyclic) bond motifs is 1. The van der Waals surface area contributed by atoms with E-state index in [0.717, 1.165) is 74.5 Å². The molecule has 6 heteroatoms. The molecule has 1 saturated heterocycles. The normalized spacial score (nSPS) is 16.8. The average molecular weight is 393 g/mol. The average Bonchev–Trinajstić information content (AvgIpc) is 3.35. The van der Waals surface area contributed by atoms with E-state index in [-0.39, 0.29) is 12.7 Å². The zero-order valence-corrected chi connectivity index (χ0v) is 16.6. The van der Waals surface area contributed by atoms with E-state index in [9.17, 15) is 4.79 Å². The van der Waals surface area contributed by atoms with Crippen molar-refractivity contribution in [2.75, 3.05) is 33.0 Å². The molecule has 2 aliphatic heterocycles. The van der Waals surface area contributed by atoms with Crippen molar-refractivity contribution >= 4 is 12.0 Å². The third-order valence-corrected chi connectivity index (χ3v) is 5.30. The van der Waals surface area contributed by atoms with Crippen LogP contribution in [0, 0.1) is 0 Å². The highest BCUT2D eigenvalue weighted by Gasteiger charge is 2.25.